The largest absolute Gasteiger partial charge is 0.465 e. The van der Waals surface area contributed by atoms with E-state index in [1.165, 1.54) is 30.2 Å². The second-order valence-corrected chi connectivity index (χ2v) is 6.40. The second-order valence-electron chi connectivity index (χ2n) is 6.40. The van der Waals surface area contributed by atoms with Crippen molar-refractivity contribution >= 4 is 18.0 Å². The number of rotatable bonds is 4. The maximum absolute atomic E-state index is 13.2. The third kappa shape index (κ3) is 3.81. The fourth-order valence-electron chi connectivity index (χ4n) is 2.85. The number of benzene rings is 1. The summed E-state index contributed by atoms with van der Waals surface area (Å²) in [6, 6.07) is 4.92. The molecule has 1 aliphatic rings. The Balaban J connectivity index is 2.62. The maximum Gasteiger partial charge on any atom is 0.416 e. The van der Waals surface area contributed by atoms with Gasteiger partial charge in [0.05, 0.1) is 23.8 Å². The van der Waals surface area contributed by atoms with E-state index in [-0.39, 0.29) is 22.6 Å². The molecule has 2 rings (SSSR count). The molecule has 0 atom stereocenters. The normalized spacial score (nSPS) is 16.8. The van der Waals surface area contributed by atoms with E-state index in [0.29, 0.717) is 12.2 Å². The zero-order valence-electron chi connectivity index (χ0n) is 15.0. The Bertz CT molecular complexity index is 791. The topological polar surface area (TPSA) is 46.6 Å². The van der Waals surface area contributed by atoms with E-state index in [1.54, 1.807) is 6.92 Å². The standard InChI is InChI=1S/C19H20F3NO3/c1-11(2)10-23-12(3)16(18(25)26-4)14(17(23)24)9-13-7-5-6-8-15(13)19(20,21)22/h5-9,11H,10H2,1-4H3/b14-9-. The van der Waals surface area contributed by atoms with E-state index in [9.17, 15) is 22.8 Å². The molecular formula is C19H20F3NO3. The molecule has 26 heavy (non-hydrogen) atoms. The molecule has 1 heterocycles. The predicted molar refractivity (Wildman–Crippen MR) is 90.7 cm³/mol. The van der Waals surface area contributed by atoms with E-state index in [0.717, 1.165) is 12.1 Å². The third-order valence-corrected chi connectivity index (χ3v) is 4.01. The van der Waals surface area contributed by atoms with Crippen LogP contribution in [0.2, 0.25) is 0 Å². The van der Waals surface area contributed by atoms with Crippen LogP contribution in [0.25, 0.3) is 6.08 Å². The highest BCUT2D eigenvalue weighted by Gasteiger charge is 2.38. The molecule has 0 saturated heterocycles. The minimum atomic E-state index is -4.57. The molecular weight excluding hydrogens is 347 g/mol. The Labute approximate surface area is 149 Å². The van der Waals surface area contributed by atoms with Gasteiger partial charge in [-0.1, -0.05) is 32.0 Å². The van der Waals surface area contributed by atoms with Gasteiger partial charge in [0.2, 0.25) is 0 Å². The molecule has 0 N–H and O–H groups in total. The Hall–Kier alpha value is -2.57. The summed E-state index contributed by atoms with van der Waals surface area (Å²) in [5.41, 5.74) is -0.762. The number of halogens is 3. The highest BCUT2D eigenvalue weighted by atomic mass is 19.4. The molecule has 0 bridgehead atoms. The number of amides is 1. The average molecular weight is 367 g/mol. The zero-order valence-corrected chi connectivity index (χ0v) is 15.0. The van der Waals surface area contributed by atoms with Crippen molar-refractivity contribution in [3.63, 3.8) is 0 Å². The van der Waals surface area contributed by atoms with Gasteiger partial charge < -0.3 is 9.64 Å². The lowest BCUT2D eigenvalue weighted by Gasteiger charge is -2.20. The van der Waals surface area contributed by atoms with Gasteiger partial charge in [0, 0.05) is 12.2 Å². The minimum Gasteiger partial charge on any atom is -0.465 e. The summed E-state index contributed by atoms with van der Waals surface area (Å²) in [6.45, 7) is 5.74. The van der Waals surface area contributed by atoms with Crippen molar-refractivity contribution in [1.29, 1.82) is 0 Å². The monoisotopic (exact) mass is 367 g/mol. The highest BCUT2D eigenvalue weighted by molar-refractivity contribution is 6.16. The van der Waals surface area contributed by atoms with Gasteiger partial charge in [0.1, 0.15) is 0 Å². The number of hydrogen-bond donors (Lipinski definition) is 0. The number of methoxy groups -OCH3 is 1. The lowest BCUT2D eigenvalue weighted by Crippen LogP contribution is -2.29. The molecule has 0 fully saturated rings. The molecule has 7 heteroatoms. The number of ether oxygens (including phenoxy) is 1. The molecule has 0 radical (unpaired) electrons. The molecule has 1 aromatic rings. The first-order chi connectivity index (χ1) is 12.1. The minimum absolute atomic E-state index is 0.00451. The van der Waals surface area contributed by atoms with Gasteiger partial charge in [-0.3, -0.25) is 4.79 Å². The molecule has 0 unspecified atom stereocenters. The maximum atomic E-state index is 13.2. The molecule has 140 valence electrons. The quantitative estimate of drug-likeness (QED) is 0.596. The van der Waals surface area contributed by atoms with E-state index >= 15 is 0 Å². The lowest BCUT2D eigenvalue weighted by molar-refractivity contribution is -0.138. The van der Waals surface area contributed by atoms with Crippen LogP contribution in [-0.2, 0) is 20.5 Å². The van der Waals surface area contributed by atoms with Crippen molar-refractivity contribution in [3.05, 3.63) is 52.2 Å². The number of esters is 1. The van der Waals surface area contributed by atoms with E-state index in [1.807, 2.05) is 13.8 Å². The molecule has 1 amide bonds. The second kappa shape index (κ2) is 7.35. The first-order valence-corrected chi connectivity index (χ1v) is 8.07. The fourth-order valence-corrected chi connectivity index (χ4v) is 2.85. The lowest BCUT2D eigenvalue weighted by atomic mass is 10.00. The van der Waals surface area contributed by atoms with Crippen LogP contribution in [0.1, 0.15) is 31.9 Å². The number of allylic oxidation sites excluding steroid dienone is 1. The van der Waals surface area contributed by atoms with Crippen LogP contribution in [0.3, 0.4) is 0 Å². The predicted octanol–water partition coefficient (Wildman–Crippen LogP) is 4.03. The Morgan fingerprint density at radius 2 is 1.88 bits per heavy atom. The van der Waals surface area contributed by atoms with Crippen molar-refractivity contribution in [2.75, 3.05) is 13.7 Å². The molecule has 1 aromatic carbocycles. The Morgan fingerprint density at radius 1 is 1.27 bits per heavy atom. The summed E-state index contributed by atoms with van der Waals surface area (Å²) in [5.74, 6) is -1.14. The van der Waals surface area contributed by atoms with Crippen molar-refractivity contribution in [2.24, 2.45) is 5.92 Å². The van der Waals surface area contributed by atoms with Gasteiger partial charge in [-0.2, -0.15) is 13.2 Å². The SMILES string of the molecule is COC(=O)C1=C(C)N(CC(C)C)C(=O)/C1=C\c1ccccc1C(F)(F)F. The van der Waals surface area contributed by atoms with Crippen LogP contribution in [0, 0.1) is 5.92 Å². The fraction of sp³-hybridized carbons (Fsp3) is 0.368. The van der Waals surface area contributed by atoms with Gasteiger partial charge in [-0.15, -0.1) is 0 Å². The summed E-state index contributed by atoms with van der Waals surface area (Å²) in [7, 11) is 1.17. The van der Waals surface area contributed by atoms with Crippen molar-refractivity contribution in [3.8, 4) is 0 Å². The molecule has 0 spiro atoms. The third-order valence-electron chi connectivity index (χ3n) is 4.01. The number of carbonyl (C=O) groups excluding carboxylic acids is 2. The summed E-state index contributed by atoms with van der Waals surface area (Å²) in [5, 5.41) is 0. The summed E-state index contributed by atoms with van der Waals surface area (Å²) in [4.78, 5) is 26.3. The van der Waals surface area contributed by atoms with E-state index in [2.05, 4.69) is 0 Å². The number of alkyl halides is 3. The van der Waals surface area contributed by atoms with Crippen molar-refractivity contribution in [1.82, 2.24) is 4.90 Å². The molecule has 4 nitrogen and oxygen atoms in total. The van der Waals surface area contributed by atoms with Gasteiger partial charge in [-0.25, -0.2) is 4.79 Å². The van der Waals surface area contributed by atoms with Crippen LogP contribution in [0.4, 0.5) is 13.2 Å². The Kier molecular flexibility index (Phi) is 5.59. The molecule has 0 saturated carbocycles. The van der Waals surface area contributed by atoms with E-state index in [4.69, 9.17) is 4.74 Å². The summed E-state index contributed by atoms with van der Waals surface area (Å²) >= 11 is 0. The zero-order chi connectivity index (χ0) is 19.6. The van der Waals surface area contributed by atoms with Crippen LogP contribution in [-0.4, -0.2) is 30.4 Å². The molecule has 1 aliphatic heterocycles. The van der Waals surface area contributed by atoms with Crippen molar-refractivity contribution < 1.29 is 27.5 Å². The van der Waals surface area contributed by atoms with Crippen molar-refractivity contribution in [2.45, 2.75) is 26.9 Å². The molecule has 0 aromatic heterocycles. The van der Waals surface area contributed by atoms with Crippen LogP contribution >= 0.6 is 0 Å². The summed E-state index contributed by atoms with van der Waals surface area (Å²) in [6.07, 6.45) is -3.46. The van der Waals surface area contributed by atoms with E-state index < -0.39 is 23.6 Å². The van der Waals surface area contributed by atoms with Gasteiger partial charge in [0.15, 0.2) is 0 Å². The first kappa shape index (κ1) is 19.8. The van der Waals surface area contributed by atoms with Gasteiger partial charge in [0.25, 0.3) is 5.91 Å². The van der Waals surface area contributed by atoms with Crippen LogP contribution in [0.5, 0.6) is 0 Å². The van der Waals surface area contributed by atoms with Crippen LogP contribution in [0.15, 0.2) is 41.1 Å². The van der Waals surface area contributed by atoms with Gasteiger partial charge >= 0.3 is 12.1 Å². The first-order valence-electron chi connectivity index (χ1n) is 8.07. The smallest absolute Gasteiger partial charge is 0.416 e. The number of carbonyl (C=O) groups is 2. The Morgan fingerprint density at radius 3 is 2.42 bits per heavy atom. The number of hydrogen-bond acceptors (Lipinski definition) is 3. The van der Waals surface area contributed by atoms with Gasteiger partial charge in [-0.05, 0) is 30.5 Å². The summed E-state index contributed by atoms with van der Waals surface area (Å²) < 4.78 is 44.4. The highest BCUT2D eigenvalue weighted by Crippen LogP contribution is 2.36. The van der Waals surface area contributed by atoms with Crippen LogP contribution < -0.4 is 0 Å². The number of nitrogens with zero attached hydrogens (tertiary/aromatic N) is 1. The molecule has 0 aliphatic carbocycles. The average Bonchev–Trinajstić information content (AvgIpc) is 2.78.